The van der Waals surface area contributed by atoms with Gasteiger partial charge in [-0.25, -0.2) is 4.39 Å². The lowest BCUT2D eigenvalue weighted by Crippen LogP contribution is -2.28. The van der Waals surface area contributed by atoms with Crippen LogP contribution in [0.3, 0.4) is 0 Å². The number of benzene rings is 3. The van der Waals surface area contributed by atoms with Crippen LogP contribution < -0.4 is 10.6 Å². The predicted octanol–water partition coefficient (Wildman–Crippen LogP) is 4.43. The van der Waals surface area contributed by atoms with Gasteiger partial charge in [-0.3, -0.25) is 4.79 Å². The van der Waals surface area contributed by atoms with Gasteiger partial charge in [-0.2, -0.15) is 0 Å². The molecule has 0 radical (unpaired) electrons. The maximum Gasteiger partial charge on any atom is 0.229 e. The van der Waals surface area contributed by atoms with Crippen molar-refractivity contribution < 1.29 is 9.18 Å². The van der Waals surface area contributed by atoms with Crippen LogP contribution in [0, 0.1) is 11.7 Å². The van der Waals surface area contributed by atoms with E-state index in [1.165, 1.54) is 6.07 Å². The smallest absolute Gasteiger partial charge is 0.229 e. The summed E-state index contributed by atoms with van der Waals surface area (Å²) in [6.45, 7) is 1.15. The summed E-state index contributed by atoms with van der Waals surface area (Å²) in [6.07, 6.45) is 0. The largest absolute Gasteiger partial charge is 0.326 e. The molecule has 0 spiro atoms. The molecule has 1 aliphatic rings. The minimum Gasteiger partial charge on any atom is -0.326 e. The van der Waals surface area contributed by atoms with E-state index in [9.17, 15) is 9.18 Å². The molecule has 1 aliphatic heterocycles. The first-order valence-corrected chi connectivity index (χ1v) is 9.14. The molecule has 3 nitrogen and oxygen atoms in total. The van der Waals surface area contributed by atoms with Crippen LogP contribution in [-0.2, 0) is 4.79 Å². The first-order valence-electron chi connectivity index (χ1n) is 9.14. The highest BCUT2D eigenvalue weighted by Gasteiger charge is 2.35. The predicted molar refractivity (Wildman–Crippen MR) is 106 cm³/mol. The first-order chi connectivity index (χ1) is 13.2. The molecule has 2 atom stereocenters. The van der Waals surface area contributed by atoms with Crippen LogP contribution in [0.1, 0.15) is 11.5 Å². The Kier molecular flexibility index (Phi) is 4.99. The van der Waals surface area contributed by atoms with E-state index in [1.54, 1.807) is 12.1 Å². The summed E-state index contributed by atoms with van der Waals surface area (Å²) in [6, 6.07) is 24.5. The van der Waals surface area contributed by atoms with Crippen molar-refractivity contribution >= 4 is 11.6 Å². The number of hydrogen-bond donors (Lipinski definition) is 2. The quantitative estimate of drug-likeness (QED) is 0.722. The molecule has 0 saturated carbocycles. The third kappa shape index (κ3) is 3.76. The van der Waals surface area contributed by atoms with Crippen molar-refractivity contribution in [2.75, 3.05) is 18.4 Å². The van der Waals surface area contributed by atoms with E-state index < -0.39 is 0 Å². The molecule has 1 fully saturated rings. The fraction of sp³-hybridized carbons (Fsp3) is 0.174. The molecule has 1 heterocycles. The Hall–Kier alpha value is -2.98. The van der Waals surface area contributed by atoms with E-state index in [2.05, 4.69) is 10.6 Å². The standard InChI is InChI=1S/C23H21FN2O/c24-22-12-5-4-11-19(22)20-14-25-15-21(20)23(27)26-18-10-6-9-17(13-18)16-7-2-1-3-8-16/h1-13,20-21,25H,14-15H2,(H,26,27). The van der Waals surface area contributed by atoms with Gasteiger partial charge >= 0.3 is 0 Å². The van der Waals surface area contributed by atoms with E-state index >= 15 is 0 Å². The Labute approximate surface area is 158 Å². The Balaban J connectivity index is 1.53. The summed E-state index contributed by atoms with van der Waals surface area (Å²) < 4.78 is 14.2. The highest BCUT2D eigenvalue weighted by atomic mass is 19.1. The zero-order valence-corrected chi connectivity index (χ0v) is 14.9. The summed E-state index contributed by atoms with van der Waals surface area (Å²) in [4.78, 5) is 12.9. The Morgan fingerprint density at radius 3 is 2.44 bits per heavy atom. The van der Waals surface area contributed by atoms with Crippen molar-refractivity contribution in [2.45, 2.75) is 5.92 Å². The summed E-state index contributed by atoms with van der Waals surface area (Å²) >= 11 is 0. The van der Waals surface area contributed by atoms with Gasteiger partial charge in [0.2, 0.25) is 5.91 Å². The van der Waals surface area contributed by atoms with Crippen molar-refractivity contribution in [3.8, 4) is 11.1 Å². The average molecular weight is 360 g/mol. The second-order valence-electron chi connectivity index (χ2n) is 6.83. The monoisotopic (exact) mass is 360 g/mol. The maximum absolute atomic E-state index is 14.2. The highest BCUT2D eigenvalue weighted by molar-refractivity contribution is 5.94. The van der Waals surface area contributed by atoms with Gasteiger partial charge in [0.1, 0.15) is 5.82 Å². The molecule has 4 heteroatoms. The van der Waals surface area contributed by atoms with Gasteiger partial charge < -0.3 is 10.6 Å². The zero-order chi connectivity index (χ0) is 18.6. The molecular formula is C23H21FN2O. The third-order valence-electron chi connectivity index (χ3n) is 5.09. The van der Waals surface area contributed by atoms with E-state index in [1.807, 2.05) is 60.7 Å². The molecule has 2 unspecified atom stereocenters. The number of hydrogen-bond acceptors (Lipinski definition) is 2. The van der Waals surface area contributed by atoms with Crippen LogP contribution in [0.2, 0.25) is 0 Å². The SMILES string of the molecule is O=C(Nc1cccc(-c2ccccc2)c1)C1CNCC1c1ccccc1F. The van der Waals surface area contributed by atoms with Crippen LogP contribution >= 0.6 is 0 Å². The molecule has 2 N–H and O–H groups in total. The fourth-order valence-electron chi connectivity index (χ4n) is 3.70. The lowest BCUT2D eigenvalue weighted by atomic mass is 9.88. The van der Waals surface area contributed by atoms with Gasteiger partial charge in [0.15, 0.2) is 0 Å². The van der Waals surface area contributed by atoms with Crippen molar-refractivity contribution in [2.24, 2.45) is 5.92 Å². The molecule has 0 bridgehead atoms. The minimum absolute atomic E-state index is 0.0848. The van der Waals surface area contributed by atoms with E-state index in [4.69, 9.17) is 0 Å². The van der Waals surface area contributed by atoms with Crippen LogP contribution in [0.25, 0.3) is 11.1 Å². The summed E-state index contributed by atoms with van der Waals surface area (Å²) in [5, 5.41) is 6.24. The molecule has 4 rings (SSSR count). The highest BCUT2D eigenvalue weighted by Crippen LogP contribution is 2.31. The van der Waals surface area contributed by atoms with Gasteiger partial charge in [0.05, 0.1) is 5.92 Å². The third-order valence-corrected chi connectivity index (χ3v) is 5.09. The Morgan fingerprint density at radius 1 is 0.889 bits per heavy atom. The molecular weight excluding hydrogens is 339 g/mol. The van der Waals surface area contributed by atoms with Crippen LogP contribution in [0.5, 0.6) is 0 Å². The second kappa shape index (κ2) is 7.72. The summed E-state index contributed by atoms with van der Waals surface area (Å²) in [5.41, 5.74) is 3.49. The van der Waals surface area contributed by atoms with E-state index in [0.717, 1.165) is 16.8 Å². The van der Waals surface area contributed by atoms with Gasteiger partial charge in [-0.1, -0.05) is 60.7 Å². The fourth-order valence-corrected chi connectivity index (χ4v) is 3.70. The number of nitrogens with one attached hydrogen (secondary N) is 2. The Morgan fingerprint density at radius 2 is 1.63 bits per heavy atom. The molecule has 136 valence electrons. The zero-order valence-electron chi connectivity index (χ0n) is 14.9. The average Bonchev–Trinajstić information content (AvgIpc) is 3.19. The molecule has 0 aliphatic carbocycles. The number of rotatable bonds is 4. The lowest BCUT2D eigenvalue weighted by Gasteiger charge is -2.19. The first kappa shape index (κ1) is 17.4. The topological polar surface area (TPSA) is 41.1 Å². The van der Waals surface area contributed by atoms with Gasteiger partial charge in [0, 0.05) is 24.7 Å². The van der Waals surface area contributed by atoms with Gasteiger partial charge in [-0.15, -0.1) is 0 Å². The van der Waals surface area contributed by atoms with Gasteiger partial charge in [0.25, 0.3) is 0 Å². The molecule has 27 heavy (non-hydrogen) atoms. The number of amides is 1. The summed E-state index contributed by atoms with van der Waals surface area (Å²) in [7, 11) is 0. The molecule has 3 aromatic carbocycles. The van der Waals surface area contributed by atoms with Crippen molar-refractivity contribution in [1.29, 1.82) is 0 Å². The lowest BCUT2D eigenvalue weighted by molar-refractivity contribution is -0.119. The van der Waals surface area contributed by atoms with Crippen molar-refractivity contribution in [3.63, 3.8) is 0 Å². The van der Waals surface area contributed by atoms with E-state index in [0.29, 0.717) is 18.7 Å². The minimum atomic E-state index is -0.303. The normalized spacial score (nSPS) is 19.0. The second-order valence-corrected chi connectivity index (χ2v) is 6.83. The number of carbonyl (C=O) groups excluding carboxylic acids is 1. The van der Waals surface area contributed by atoms with Gasteiger partial charge in [-0.05, 0) is 34.9 Å². The van der Waals surface area contributed by atoms with Crippen LogP contribution in [-0.4, -0.2) is 19.0 Å². The molecule has 1 saturated heterocycles. The van der Waals surface area contributed by atoms with Crippen molar-refractivity contribution in [3.05, 3.63) is 90.2 Å². The Bertz CT molecular complexity index is 942. The number of anilines is 1. The molecule has 0 aromatic heterocycles. The summed E-state index contributed by atoms with van der Waals surface area (Å²) in [5.74, 6) is -0.806. The molecule has 3 aromatic rings. The van der Waals surface area contributed by atoms with Crippen molar-refractivity contribution in [1.82, 2.24) is 5.32 Å². The number of halogens is 1. The van der Waals surface area contributed by atoms with Crippen LogP contribution in [0.4, 0.5) is 10.1 Å². The maximum atomic E-state index is 14.2. The van der Waals surface area contributed by atoms with E-state index in [-0.39, 0.29) is 23.6 Å². The van der Waals surface area contributed by atoms with Crippen LogP contribution in [0.15, 0.2) is 78.9 Å². The molecule has 1 amide bonds. The number of carbonyl (C=O) groups is 1.